The average Bonchev–Trinajstić information content (AvgIpc) is 2.16. The largest absolute Gasteiger partial charge is 1.00 e. The van der Waals surface area contributed by atoms with Crippen LogP contribution in [0.3, 0.4) is 0 Å². The second-order valence-corrected chi connectivity index (χ2v) is 4.09. The molecule has 2 rings (SSSR count). The zero-order valence-electron chi connectivity index (χ0n) is 8.20. The number of carbonyl (C=O) groups is 1. The zero-order valence-corrected chi connectivity index (χ0v) is 12.5. The Balaban J connectivity index is 0.00000128. The quantitative estimate of drug-likeness (QED) is 0.596. The second kappa shape index (κ2) is 5.42. The van der Waals surface area contributed by atoms with Gasteiger partial charge in [-0.05, 0) is 28.1 Å². The van der Waals surface area contributed by atoms with E-state index in [0.29, 0.717) is 20.5 Å². The molecule has 7 heteroatoms. The monoisotopic (exact) mass is 308 g/mol. The van der Waals surface area contributed by atoms with E-state index in [0.717, 1.165) is 6.20 Å². The molecule has 0 atom stereocenters. The second-order valence-electron chi connectivity index (χ2n) is 2.80. The summed E-state index contributed by atoms with van der Waals surface area (Å²) in [7, 11) is 0. The van der Waals surface area contributed by atoms with Crippen molar-refractivity contribution in [3.05, 3.63) is 33.5 Å². The van der Waals surface area contributed by atoms with E-state index in [2.05, 4.69) is 25.9 Å². The van der Waals surface area contributed by atoms with Gasteiger partial charge in [-0.15, -0.1) is 0 Å². The number of benzene rings is 1. The molecule has 2 aromatic rings. The van der Waals surface area contributed by atoms with Gasteiger partial charge >= 0.3 is 29.6 Å². The molecule has 0 aliphatic carbocycles. The van der Waals surface area contributed by atoms with Crippen LogP contribution in [-0.4, -0.2) is 15.9 Å². The summed E-state index contributed by atoms with van der Waals surface area (Å²) in [5, 5.41) is 11.1. The molecular weight excluding hydrogens is 306 g/mol. The molecule has 4 nitrogen and oxygen atoms in total. The fourth-order valence-electron chi connectivity index (χ4n) is 1.14. The third kappa shape index (κ3) is 2.73. The van der Waals surface area contributed by atoms with E-state index in [-0.39, 0.29) is 35.3 Å². The van der Waals surface area contributed by atoms with E-state index >= 15 is 0 Å². The molecule has 0 aliphatic rings. The molecule has 0 spiro atoms. The van der Waals surface area contributed by atoms with Gasteiger partial charge in [-0.25, -0.2) is 4.98 Å². The van der Waals surface area contributed by atoms with Gasteiger partial charge < -0.3 is 9.90 Å². The van der Waals surface area contributed by atoms with Gasteiger partial charge in [-0.1, -0.05) is 11.6 Å². The maximum absolute atomic E-state index is 10.6. The van der Waals surface area contributed by atoms with Crippen molar-refractivity contribution < 1.29 is 39.5 Å². The van der Waals surface area contributed by atoms with Gasteiger partial charge in [0.1, 0.15) is 11.2 Å². The first kappa shape index (κ1) is 13.9. The Morgan fingerprint density at radius 3 is 2.75 bits per heavy atom. The smallest absolute Gasteiger partial charge is 0.543 e. The molecule has 16 heavy (non-hydrogen) atoms. The third-order valence-corrected chi connectivity index (χ3v) is 2.60. The van der Waals surface area contributed by atoms with Gasteiger partial charge in [0.05, 0.1) is 17.7 Å². The number of aromatic carboxylic acids is 1. The van der Waals surface area contributed by atoms with Crippen molar-refractivity contribution in [2.45, 2.75) is 0 Å². The van der Waals surface area contributed by atoms with Crippen LogP contribution >= 0.6 is 27.5 Å². The first-order valence-corrected chi connectivity index (χ1v) is 5.08. The molecule has 0 radical (unpaired) electrons. The Morgan fingerprint density at radius 1 is 1.44 bits per heavy atom. The zero-order chi connectivity index (χ0) is 11.0. The molecule has 0 bridgehead atoms. The average molecular weight is 309 g/mol. The van der Waals surface area contributed by atoms with E-state index in [4.69, 9.17) is 11.6 Å². The molecule has 0 unspecified atom stereocenters. The summed E-state index contributed by atoms with van der Waals surface area (Å²) in [4.78, 5) is 18.4. The Kier molecular flexibility index (Phi) is 4.70. The topological polar surface area (TPSA) is 65.9 Å². The van der Waals surface area contributed by atoms with Gasteiger partial charge in [-0.3, -0.25) is 4.98 Å². The van der Waals surface area contributed by atoms with E-state index in [1.807, 2.05) is 0 Å². The molecule has 0 N–H and O–H groups in total. The van der Waals surface area contributed by atoms with Gasteiger partial charge in [0.25, 0.3) is 0 Å². The maximum atomic E-state index is 10.6. The standard InChI is InChI=1S/C9H4BrClN2O2.Na/c10-5-1-4(11)2-6-8(5)13-7(3-12-6)9(14)15;/h1-3H,(H,14,15);/q;+1/p-1. The van der Waals surface area contributed by atoms with Crippen molar-refractivity contribution in [3.8, 4) is 0 Å². The van der Waals surface area contributed by atoms with Gasteiger partial charge in [0.2, 0.25) is 0 Å². The summed E-state index contributed by atoms with van der Waals surface area (Å²) in [5.41, 5.74) is 0.769. The summed E-state index contributed by atoms with van der Waals surface area (Å²) in [6, 6.07) is 3.23. The number of fused-ring (bicyclic) bond motifs is 1. The maximum Gasteiger partial charge on any atom is 1.00 e. The van der Waals surface area contributed by atoms with Gasteiger partial charge in [0, 0.05) is 9.50 Å². The van der Waals surface area contributed by atoms with Crippen molar-refractivity contribution in [1.29, 1.82) is 0 Å². The van der Waals surface area contributed by atoms with Crippen LogP contribution < -0.4 is 34.7 Å². The van der Waals surface area contributed by atoms with Gasteiger partial charge in [-0.2, -0.15) is 0 Å². The van der Waals surface area contributed by atoms with Crippen LogP contribution in [0.2, 0.25) is 5.02 Å². The fraction of sp³-hybridized carbons (Fsp3) is 0. The third-order valence-electron chi connectivity index (χ3n) is 1.78. The predicted molar refractivity (Wildman–Crippen MR) is 56.6 cm³/mol. The molecule has 1 aromatic carbocycles. The Labute approximate surface area is 126 Å². The first-order valence-electron chi connectivity index (χ1n) is 3.91. The summed E-state index contributed by atoms with van der Waals surface area (Å²) >= 11 is 9.03. The summed E-state index contributed by atoms with van der Waals surface area (Å²) in [5.74, 6) is -1.36. The molecular formula is C9H3BrClN2NaO2. The van der Waals surface area contributed by atoms with Crippen LogP contribution in [0.5, 0.6) is 0 Å². The minimum absolute atomic E-state index is 0. The van der Waals surface area contributed by atoms with Crippen molar-refractivity contribution in [1.82, 2.24) is 9.97 Å². The number of hydrogen-bond donors (Lipinski definition) is 0. The Bertz CT molecular complexity index is 564. The number of halogens is 2. The van der Waals surface area contributed by atoms with E-state index < -0.39 is 5.97 Å². The van der Waals surface area contributed by atoms with Crippen LogP contribution in [0, 0.1) is 0 Å². The molecule has 0 saturated carbocycles. The van der Waals surface area contributed by atoms with Crippen LogP contribution in [-0.2, 0) is 0 Å². The van der Waals surface area contributed by atoms with Crippen LogP contribution in [0.4, 0.5) is 0 Å². The van der Waals surface area contributed by atoms with E-state index in [1.54, 1.807) is 12.1 Å². The van der Waals surface area contributed by atoms with Gasteiger partial charge in [0.15, 0.2) is 0 Å². The SMILES string of the molecule is O=C([O-])c1cnc2cc(Cl)cc(Br)c2n1.[Na+]. The molecule has 1 aromatic heterocycles. The molecule has 0 aliphatic heterocycles. The van der Waals surface area contributed by atoms with Crippen molar-refractivity contribution >= 4 is 44.5 Å². The van der Waals surface area contributed by atoms with Crippen molar-refractivity contribution in [2.24, 2.45) is 0 Å². The molecule has 1 heterocycles. The number of carbonyl (C=O) groups excluding carboxylic acids is 1. The number of carboxylic acid groups (broad SMARTS) is 1. The Hall–Kier alpha value is -0.200. The number of aromatic nitrogens is 2. The van der Waals surface area contributed by atoms with Crippen LogP contribution in [0.1, 0.15) is 10.5 Å². The number of carboxylic acids is 1. The molecule has 0 amide bonds. The normalized spacial score (nSPS) is 9.88. The number of nitrogens with zero attached hydrogens (tertiary/aromatic N) is 2. The number of hydrogen-bond acceptors (Lipinski definition) is 4. The molecule has 0 fully saturated rings. The van der Waals surface area contributed by atoms with E-state index in [1.165, 1.54) is 0 Å². The predicted octanol–water partition coefficient (Wildman–Crippen LogP) is -1.59. The van der Waals surface area contributed by atoms with Crippen LogP contribution in [0.25, 0.3) is 11.0 Å². The van der Waals surface area contributed by atoms with Crippen molar-refractivity contribution in [3.63, 3.8) is 0 Å². The number of rotatable bonds is 1. The molecule has 76 valence electrons. The molecule has 0 saturated heterocycles. The summed E-state index contributed by atoms with van der Waals surface area (Å²) < 4.78 is 0.598. The minimum Gasteiger partial charge on any atom is -0.543 e. The summed E-state index contributed by atoms with van der Waals surface area (Å²) in [6.45, 7) is 0. The first-order chi connectivity index (χ1) is 7.08. The fourth-order valence-corrected chi connectivity index (χ4v) is 2.02. The van der Waals surface area contributed by atoms with E-state index in [9.17, 15) is 9.90 Å². The van der Waals surface area contributed by atoms with Crippen LogP contribution in [0.15, 0.2) is 22.8 Å². The Morgan fingerprint density at radius 2 is 2.12 bits per heavy atom. The summed E-state index contributed by atoms with van der Waals surface area (Å²) in [6.07, 6.45) is 1.14. The van der Waals surface area contributed by atoms with Crippen molar-refractivity contribution in [2.75, 3.05) is 0 Å². The minimum atomic E-state index is -1.36.